The van der Waals surface area contributed by atoms with Crippen molar-refractivity contribution in [3.63, 3.8) is 0 Å². The molecule has 0 aliphatic heterocycles. The zero-order valence-corrected chi connectivity index (χ0v) is 12.8. The summed E-state index contributed by atoms with van der Waals surface area (Å²) in [6, 6.07) is 16.6. The standard InChI is InChI=1S/C16H19BrN2/c1-11(2)16(12-6-4-3-5-7-12)19-15-10-13(17)8-9-14(15)18/h3-11,16,19H,18H2,1-2H3. The van der Waals surface area contributed by atoms with Crippen LogP contribution >= 0.6 is 15.9 Å². The first kappa shape index (κ1) is 13.9. The van der Waals surface area contributed by atoms with E-state index in [9.17, 15) is 0 Å². The molecular weight excluding hydrogens is 300 g/mol. The number of benzene rings is 2. The van der Waals surface area contributed by atoms with E-state index in [4.69, 9.17) is 5.73 Å². The molecule has 0 heterocycles. The summed E-state index contributed by atoms with van der Waals surface area (Å²) in [6.45, 7) is 4.41. The van der Waals surface area contributed by atoms with Crippen LogP contribution in [0.1, 0.15) is 25.5 Å². The zero-order valence-electron chi connectivity index (χ0n) is 11.2. The van der Waals surface area contributed by atoms with E-state index in [-0.39, 0.29) is 6.04 Å². The van der Waals surface area contributed by atoms with E-state index in [0.717, 1.165) is 15.8 Å². The van der Waals surface area contributed by atoms with E-state index < -0.39 is 0 Å². The van der Waals surface area contributed by atoms with Crippen LogP contribution in [-0.4, -0.2) is 0 Å². The fourth-order valence-electron chi connectivity index (χ4n) is 2.12. The molecule has 2 aromatic rings. The smallest absolute Gasteiger partial charge is 0.0590 e. The molecule has 0 aromatic heterocycles. The fourth-order valence-corrected chi connectivity index (χ4v) is 2.48. The lowest BCUT2D eigenvalue weighted by atomic mass is 9.95. The number of nitrogen functional groups attached to an aromatic ring is 1. The van der Waals surface area contributed by atoms with Crippen molar-refractivity contribution in [3.05, 3.63) is 58.6 Å². The van der Waals surface area contributed by atoms with Crippen LogP contribution in [0, 0.1) is 5.92 Å². The molecule has 2 aromatic carbocycles. The minimum absolute atomic E-state index is 0.248. The monoisotopic (exact) mass is 318 g/mol. The average Bonchev–Trinajstić information content (AvgIpc) is 2.40. The molecule has 2 nitrogen and oxygen atoms in total. The van der Waals surface area contributed by atoms with Crippen LogP contribution in [0.3, 0.4) is 0 Å². The molecular formula is C16H19BrN2. The second-order valence-corrected chi connectivity index (χ2v) is 5.92. The van der Waals surface area contributed by atoms with Crippen molar-refractivity contribution in [1.82, 2.24) is 0 Å². The highest BCUT2D eigenvalue weighted by Crippen LogP contribution is 2.31. The molecule has 0 saturated carbocycles. The highest BCUT2D eigenvalue weighted by molar-refractivity contribution is 9.10. The van der Waals surface area contributed by atoms with E-state index in [1.165, 1.54) is 5.56 Å². The Hall–Kier alpha value is -1.48. The Morgan fingerprint density at radius 1 is 1.05 bits per heavy atom. The Balaban J connectivity index is 2.29. The van der Waals surface area contributed by atoms with Crippen molar-refractivity contribution in [1.29, 1.82) is 0 Å². The number of hydrogen-bond donors (Lipinski definition) is 2. The summed E-state index contributed by atoms with van der Waals surface area (Å²) < 4.78 is 1.03. The van der Waals surface area contributed by atoms with E-state index in [0.29, 0.717) is 5.92 Å². The number of hydrogen-bond acceptors (Lipinski definition) is 2. The molecule has 0 saturated heterocycles. The Morgan fingerprint density at radius 3 is 2.37 bits per heavy atom. The average molecular weight is 319 g/mol. The van der Waals surface area contributed by atoms with Crippen molar-refractivity contribution in [3.8, 4) is 0 Å². The lowest BCUT2D eigenvalue weighted by Crippen LogP contribution is -2.17. The fraction of sp³-hybridized carbons (Fsp3) is 0.250. The van der Waals surface area contributed by atoms with Gasteiger partial charge >= 0.3 is 0 Å². The largest absolute Gasteiger partial charge is 0.397 e. The van der Waals surface area contributed by atoms with Crippen LogP contribution in [0.5, 0.6) is 0 Å². The van der Waals surface area contributed by atoms with Crippen molar-refractivity contribution in [2.45, 2.75) is 19.9 Å². The van der Waals surface area contributed by atoms with Gasteiger partial charge in [0.2, 0.25) is 0 Å². The van der Waals surface area contributed by atoms with E-state index >= 15 is 0 Å². The molecule has 0 radical (unpaired) electrons. The van der Waals surface area contributed by atoms with Crippen LogP contribution < -0.4 is 11.1 Å². The maximum atomic E-state index is 6.03. The predicted molar refractivity (Wildman–Crippen MR) is 86.2 cm³/mol. The van der Waals surface area contributed by atoms with Gasteiger partial charge in [-0.2, -0.15) is 0 Å². The molecule has 19 heavy (non-hydrogen) atoms. The van der Waals surface area contributed by atoms with Gasteiger partial charge in [-0.15, -0.1) is 0 Å². The summed E-state index contributed by atoms with van der Waals surface area (Å²) in [6.07, 6.45) is 0. The summed E-state index contributed by atoms with van der Waals surface area (Å²) in [5.41, 5.74) is 9.05. The molecule has 1 atom stereocenters. The van der Waals surface area contributed by atoms with Crippen LogP contribution in [0.2, 0.25) is 0 Å². The summed E-state index contributed by atoms with van der Waals surface area (Å²) >= 11 is 3.48. The first-order valence-electron chi connectivity index (χ1n) is 6.44. The normalized spacial score (nSPS) is 12.4. The maximum absolute atomic E-state index is 6.03. The Kier molecular flexibility index (Phi) is 4.48. The molecule has 0 aliphatic rings. The quantitative estimate of drug-likeness (QED) is 0.791. The van der Waals surface area contributed by atoms with Gasteiger partial charge in [0.05, 0.1) is 17.4 Å². The van der Waals surface area contributed by atoms with Crippen molar-refractivity contribution < 1.29 is 0 Å². The van der Waals surface area contributed by atoms with Crippen LogP contribution in [0.25, 0.3) is 0 Å². The van der Waals surface area contributed by atoms with Gasteiger partial charge in [-0.25, -0.2) is 0 Å². The molecule has 0 fully saturated rings. The molecule has 100 valence electrons. The topological polar surface area (TPSA) is 38.0 Å². The van der Waals surface area contributed by atoms with Gasteiger partial charge in [0.1, 0.15) is 0 Å². The molecule has 0 aliphatic carbocycles. The van der Waals surface area contributed by atoms with Gasteiger partial charge in [-0.05, 0) is 29.7 Å². The van der Waals surface area contributed by atoms with Gasteiger partial charge in [0, 0.05) is 4.47 Å². The summed E-state index contributed by atoms with van der Waals surface area (Å²) in [7, 11) is 0. The Labute approximate surface area is 123 Å². The van der Waals surface area contributed by atoms with E-state index in [2.05, 4.69) is 59.4 Å². The minimum atomic E-state index is 0.248. The minimum Gasteiger partial charge on any atom is -0.397 e. The molecule has 0 spiro atoms. The number of halogens is 1. The SMILES string of the molecule is CC(C)C(Nc1cc(Br)ccc1N)c1ccccc1. The van der Waals surface area contributed by atoms with Gasteiger partial charge in [0.15, 0.2) is 0 Å². The Morgan fingerprint density at radius 2 is 1.74 bits per heavy atom. The molecule has 0 bridgehead atoms. The van der Waals surface area contributed by atoms with E-state index in [1.807, 2.05) is 24.3 Å². The van der Waals surface area contributed by atoms with Crippen LogP contribution in [0.4, 0.5) is 11.4 Å². The van der Waals surface area contributed by atoms with Crippen LogP contribution in [0.15, 0.2) is 53.0 Å². The van der Waals surface area contributed by atoms with Gasteiger partial charge in [0.25, 0.3) is 0 Å². The zero-order chi connectivity index (χ0) is 13.8. The second-order valence-electron chi connectivity index (χ2n) is 5.01. The molecule has 0 amide bonds. The molecule has 3 N–H and O–H groups in total. The number of rotatable bonds is 4. The molecule has 1 unspecified atom stereocenters. The number of nitrogens with one attached hydrogen (secondary N) is 1. The first-order valence-corrected chi connectivity index (χ1v) is 7.23. The third kappa shape index (κ3) is 3.51. The highest BCUT2D eigenvalue weighted by Gasteiger charge is 2.16. The van der Waals surface area contributed by atoms with Gasteiger partial charge in [-0.3, -0.25) is 0 Å². The van der Waals surface area contributed by atoms with Crippen LogP contribution in [-0.2, 0) is 0 Å². The van der Waals surface area contributed by atoms with E-state index in [1.54, 1.807) is 0 Å². The second kappa shape index (κ2) is 6.11. The predicted octanol–water partition coefficient (Wildman–Crippen LogP) is 4.84. The summed E-state index contributed by atoms with van der Waals surface area (Å²) in [4.78, 5) is 0. The van der Waals surface area contributed by atoms with Gasteiger partial charge < -0.3 is 11.1 Å². The highest BCUT2D eigenvalue weighted by atomic mass is 79.9. The maximum Gasteiger partial charge on any atom is 0.0590 e. The number of nitrogens with two attached hydrogens (primary N) is 1. The Bertz CT molecular complexity index is 538. The van der Waals surface area contributed by atoms with Crippen molar-refractivity contribution in [2.24, 2.45) is 5.92 Å². The third-order valence-electron chi connectivity index (χ3n) is 3.15. The number of anilines is 2. The first-order chi connectivity index (χ1) is 9.08. The van der Waals surface area contributed by atoms with Gasteiger partial charge in [-0.1, -0.05) is 60.1 Å². The lowest BCUT2D eigenvalue weighted by Gasteiger charge is -2.25. The molecule has 2 rings (SSSR count). The summed E-state index contributed by atoms with van der Waals surface area (Å²) in [5, 5.41) is 3.55. The summed E-state index contributed by atoms with van der Waals surface area (Å²) in [5.74, 6) is 0.473. The third-order valence-corrected chi connectivity index (χ3v) is 3.64. The van der Waals surface area contributed by atoms with Crippen molar-refractivity contribution in [2.75, 3.05) is 11.1 Å². The lowest BCUT2D eigenvalue weighted by molar-refractivity contribution is 0.547. The molecule has 3 heteroatoms. The van der Waals surface area contributed by atoms with Crippen molar-refractivity contribution >= 4 is 27.3 Å².